The van der Waals surface area contributed by atoms with Crippen molar-refractivity contribution in [3.8, 4) is 0 Å². The van der Waals surface area contributed by atoms with Crippen LogP contribution in [0.15, 0.2) is 0 Å². The first-order valence-electron chi connectivity index (χ1n) is 5.17. The predicted octanol–water partition coefficient (Wildman–Crippen LogP) is 2.20. The van der Waals surface area contributed by atoms with Crippen molar-refractivity contribution < 1.29 is 23.1 Å². The number of rotatable bonds is 4. The second kappa shape index (κ2) is 4.47. The van der Waals surface area contributed by atoms with Gasteiger partial charge in [-0.3, -0.25) is 9.36 Å². The molecular formula is C10H19O5P. The Hall–Kier alpha value is -0.380. The Bertz CT molecular complexity index is 312. The van der Waals surface area contributed by atoms with E-state index in [-0.39, 0.29) is 17.5 Å². The summed E-state index contributed by atoms with van der Waals surface area (Å²) in [7, 11) is -0.462. The molecule has 5 nitrogen and oxygen atoms in total. The van der Waals surface area contributed by atoms with E-state index in [9.17, 15) is 9.36 Å². The Morgan fingerprint density at radius 2 is 1.75 bits per heavy atom. The molecule has 0 spiro atoms. The van der Waals surface area contributed by atoms with Crippen LogP contribution >= 0.6 is 7.60 Å². The molecule has 0 N–H and O–H groups in total. The molecule has 0 heterocycles. The molecule has 2 atom stereocenters. The summed E-state index contributed by atoms with van der Waals surface area (Å²) in [5, 5.41) is 0. The van der Waals surface area contributed by atoms with Gasteiger partial charge in [-0.2, -0.15) is 0 Å². The van der Waals surface area contributed by atoms with E-state index >= 15 is 0 Å². The third kappa shape index (κ3) is 3.06. The molecule has 6 heteroatoms. The molecule has 0 saturated heterocycles. The molecule has 0 aromatic rings. The topological polar surface area (TPSA) is 61.8 Å². The Labute approximate surface area is 96.0 Å². The summed E-state index contributed by atoms with van der Waals surface area (Å²) in [5.74, 6) is -0.684. The van der Waals surface area contributed by atoms with Crippen LogP contribution in [0.25, 0.3) is 0 Å². The maximum absolute atomic E-state index is 11.9. The molecule has 0 aliphatic heterocycles. The molecule has 0 aromatic carbocycles. The van der Waals surface area contributed by atoms with E-state index in [0.717, 1.165) is 0 Å². The lowest BCUT2D eigenvalue weighted by molar-refractivity contribution is -0.156. The Morgan fingerprint density at radius 1 is 1.25 bits per heavy atom. The molecule has 1 aliphatic rings. The van der Waals surface area contributed by atoms with Gasteiger partial charge < -0.3 is 13.8 Å². The number of hydrogen-bond donors (Lipinski definition) is 0. The van der Waals surface area contributed by atoms with Gasteiger partial charge >= 0.3 is 13.6 Å². The summed E-state index contributed by atoms with van der Waals surface area (Å²) in [5.41, 5.74) is -0.869. The third-order valence-electron chi connectivity index (χ3n) is 2.38. The van der Waals surface area contributed by atoms with E-state index in [1.165, 1.54) is 14.2 Å². The normalized spacial score (nSPS) is 25.3. The predicted molar refractivity (Wildman–Crippen MR) is 59.4 cm³/mol. The molecular weight excluding hydrogens is 231 g/mol. The molecule has 1 aliphatic carbocycles. The van der Waals surface area contributed by atoms with Crippen molar-refractivity contribution in [2.24, 2.45) is 5.92 Å². The summed E-state index contributed by atoms with van der Waals surface area (Å²) in [4.78, 5) is 11.7. The summed E-state index contributed by atoms with van der Waals surface area (Å²) in [6.07, 6.45) is 0.508. The van der Waals surface area contributed by atoms with Crippen LogP contribution in [-0.4, -0.2) is 31.4 Å². The average molecular weight is 250 g/mol. The van der Waals surface area contributed by atoms with Crippen LogP contribution in [0.2, 0.25) is 0 Å². The minimum absolute atomic E-state index is 0.327. The van der Waals surface area contributed by atoms with Gasteiger partial charge in [-0.25, -0.2) is 0 Å². The smallest absolute Gasteiger partial charge is 0.334 e. The van der Waals surface area contributed by atoms with Crippen molar-refractivity contribution in [1.29, 1.82) is 0 Å². The molecule has 0 amide bonds. The fourth-order valence-electron chi connectivity index (χ4n) is 1.51. The van der Waals surface area contributed by atoms with E-state index in [1.807, 2.05) is 0 Å². The highest BCUT2D eigenvalue weighted by Crippen LogP contribution is 2.64. The summed E-state index contributed by atoms with van der Waals surface area (Å²) >= 11 is 0. The van der Waals surface area contributed by atoms with E-state index < -0.39 is 13.2 Å². The summed E-state index contributed by atoms with van der Waals surface area (Å²) in [6, 6.07) is 0. The summed E-state index contributed by atoms with van der Waals surface area (Å²) in [6.45, 7) is 5.40. The monoisotopic (exact) mass is 250 g/mol. The van der Waals surface area contributed by atoms with Gasteiger partial charge in [-0.15, -0.1) is 0 Å². The highest BCUT2D eigenvalue weighted by Gasteiger charge is 2.57. The van der Waals surface area contributed by atoms with Gasteiger partial charge in [-0.05, 0) is 27.2 Å². The molecule has 1 fully saturated rings. The zero-order valence-electron chi connectivity index (χ0n) is 10.4. The van der Waals surface area contributed by atoms with E-state index in [1.54, 1.807) is 20.8 Å². The van der Waals surface area contributed by atoms with E-state index in [4.69, 9.17) is 13.8 Å². The fraction of sp³-hybridized carbons (Fsp3) is 0.900. The Morgan fingerprint density at radius 3 is 2.12 bits per heavy atom. The first kappa shape index (κ1) is 13.7. The largest absolute Gasteiger partial charge is 0.460 e. The Kier molecular flexibility index (Phi) is 3.83. The standard InChI is InChI=1S/C10H19O5P/c1-10(2,3)15-9(11)7-6-8(7)16(12,13-4)14-5/h7-8H,6H2,1-5H3/t7-,8-/m1/s1. The zero-order chi connectivity index (χ0) is 12.6. The van der Waals surface area contributed by atoms with E-state index in [0.29, 0.717) is 6.42 Å². The quantitative estimate of drug-likeness (QED) is 0.565. The maximum Gasteiger partial charge on any atom is 0.334 e. The van der Waals surface area contributed by atoms with Crippen LogP contribution in [0, 0.1) is 5.92 Å². The van der Waals surface area contributed by atoms with E-state index in [2.05, 4.69) is 0 Å². The average Bonchev–Trinajstić information content (AvgIpc) is 2.94. The highest BCUT2D eigenvalue weighted by molar-refractivity contribution is 7.55. The molecule has 1 saturated carbocycles. The van der Waals surface area contributed by atoms with Crippen molar-refractivity contribution >= 4 is 13.6 Å². The third-order valence-corrected chi connectivity index (χ3v) is 4.78. The van der Waals surface area contributed by atoms with Crippen molar-refractivity contribution in [3.05, 3.63) is 0 Å². The minimum Gasteiger partial charge on any atom is -0.460 e. The lowest BCUT2D eigenvalue weighted by atomic mass is 10.2. The van der Waals surface area contributed by atoms with Crippen molar-refractivity contribution in [2.45, 2.75) is 38.5 Å². The van der Waals surface area contributed by atoms with Crippen LogP contribution in [0.1, 0.15) is 27.2 Å². The number of carbonyl (C=O) groups is 1. The van der Waals surface area contributed by atoms with Crippen LogP contribution in [0.5, 0.6) is 0 Å². The molecule has 0 unspecified atom stereocenters. The molecule has 16 heavy (non-hydrogen) atoms. The number of ether oxygens (including phenoxy) is 1. The van der Waals surface area contributed by atoms with Crippen molar-refractivity contribution in [2.75, 3.05) is 14.2 Å². The molecule has 0 bridgehead atoms. The number of hydrogen-bond acceptors (Lipinski definition) is 5. The van der Waals surface area contributed by atoms with Crippen LogP contribution in [-0.2, 0) is 23.1 Å². The van der Waals surface area contributed by atoms with Gasteiger partial charge in [-0.1, -0.05) is 0 Å². The number of carbonyl (C=O) groups excluding carboxylic acids is 1. The zero-order valence-corrected chi connectivity index (χ0v) is 11.2. The van der Waals surface area contributed by atoms with Crippen LogP contribution < -0.4 is 0 Å². The van der Waals surface area contributed by atoms with Crippen LogP contribution in [0.3, 0.4) is 0 Å². The second-order valence-corrected chi connectivity index (χ2v) is 7.32. The van der Waals surface area contributed by atoms with Gasteiger partial charge in [0.05, 0.1) is 11.6 Å². The second-order valence-electron chi connectivity index (χ2n) is 4.85. The molecule has 0 aromatic heterocycles. The van der Waals surface area contributed by atoms with Gasteiger partial charge in [0.1, 0.15) is 5.60 Å². The first-order chi connectivity index (χ1) is 7.23. The first-order valence-corrected chi connectivity index (χ1v) is 6.79. The molecule has 0 radical (unpaired) electrons. The highest BCUT2D eigenvalue weighted by atomic mass is 31.2. The van der Waals surface area contributed by atoms with Gasteiger partial charge in [0.25, 0.3) is 0 Å². The SMILES string of the molecule is COP(=O)(OC)[C@@H]1C[C@H]1C(=O)OC(C)(C)C. The fourth-order valence-corrected chi connectivity index (χ4v) is 3.25. The Balaban J connectivity index is 2.57. The lowest BCUT2D eigenvalue weighted by Crippen LogP contribution is -2.25. The summed E-state index contributed by atoms with van der Waals surface area (Å²) < 4.78 is 26.8. The van der Waals surface area contributed by atoms with Crippen molar-refractivity contribution in [3.63, 3.8) is 0 Å². The number of esters is 1. The minimum atomic E-state index is -3.12. The van der Waals surface area contributed by atoms with Gasteiger partial charge in [0, 0.05) is 14.2 Å². The lowest BCUT2D eigenvalue weighted by Gasteiger charge is -2.20. The maximum atomic E-state index is 11.9. The van der Waals surface area contributed by atoms with Gasteiger partial charge in [0.2, 0.25) is 0 Å². The molecule has 94 valence electrons. The molecule has 1 rings (SSSR count). The van der Waals surface area contributed by atoms with Gasteiger partial charge in [0.15, 0.2) is 0 Å². The van der Waals surface area contributed by atoms with Crippen molar-refractivity contribution in [1.82, 2.24) is 0 Å². The van der Waals surface area contributed by atoms with Crippen LogP contribution in [0.4, 0.5) is 0 Å².